The number of rotatable bonds is 6. The molecule has 1 heterocycles. The molecule has 0 radical (unpaired) electrons. The highest BCUT2D eigenvalue weighted by Crippen LogP contribution is 2.31. The topological polar surface area (TPSA) is 66.8 Å². The molecule has 1 aliphatic heterocycles. The molecule has 24 heavy (non-hydrogen) atoms. The number of carboxylic acid groups (broad SMARTS) is 1. The van der Waals surface area contributed by atoms with E-state index in [2.05, 4.69) is 0 Å². The summed E-state index contributed by atoms with van der Waals surface area (Å²) >= 11 is 11.9. The van der Waals surface area contributed by atoms with Gasteiger partial charge in [0.05, 0.1) is 16.7 Å². The Balaban J connectivity index is 1.98. The predicted octanol–water partition coefficient (Wildman–Crippen LogP) is 3.27. The molecule has 1 aliphatic rings. The van der Waals surface area contributed by atoms with E-state index in [1.807, 2.05) is 6.07 Å². The molecule has 0 aliphatic carbocycles. The zero-order valence-corrected chi connectivity index (χ0v) is 15.1. The number of carboxylic acids is 1. The van der Waals surface area contributed by atoms with Gasteiger partial charge in [-0.3, -0.25) is 9.59 Å². The van der Waals surface area contributed by atoms with Crippen molar-refractivity contribution in [1.29, 1.82) is 0 Å². The van der Waals surface area contributed by atoms with Gasteiger partial charge >= 0.3 is 5.97 Å². The van der Waals surface area contributed by atoms with E-state index in [-0.39, 0.29) is 19.1 Å². The molecule has 0 spiro atoms. The van der Waals surface area contributed by atoms with Crippen LogP contribution in [-0.2, 0) is 20.7 Å². The van der Waals surface area contributed by atoms with Gasteiger partial charge in [0.2, 0.25) is 5.91 Å². The van der Waals surface area contributed by atoms with Crippen LogP contribution in [0.5, 0.6) is 0 Å². The monoisotopic (exact) mass is 373 g/mol. The molecule has 1 amide bonds. The van der Waals surface area contributed by atoms with Crippen molar-refractivity contribution in [3.8, 4) is 0 Å². The molecule has 2 rings (SSSR count). The number of benzene rings is 1. The first-order valence-electron chi connectivity index (χ1n) is 7.82. The Morgan fingerprint density at radius 3 is 2.71 bits per heavy atom. The number of aryl methyl sites for hydroxylation is 1. The van der Waals surface area contributed by atoms with Gasteiger partial charge in [0.25, 0.3) is 0 Å². The van der Waals surface area contributed by atoms with Crippen molar-refractivity contribution >= 4 is 35.1 Å². The Hall–Kier alpha value is -1.30. The quantitative estimate of drug-likeness (QED) is 0.830. The van der Waals surface area contributed by atoms with Crippen LogP contribution in [-0.4, -0.2) is 48.7 Å². The molecule has 1 saturated heterocycles. The minimum absolute atomic E-state index is 0.0532. The van der Waals surface area contributed by atoms with Crippen LogP contribution in [0.2, 0.25) is 10.0 Å². The first-order valence-corrected chi connectivity index (χ1v) is 8.57. The van der Waals surface area contributed by atoms with Crippen LogP contribution < -0.4 is 0 Å². The number of hydrogen-bond donors (Lipinski definition) is 1. The fourth-order valence-corrected chi connectivity index (χ4v) is 3.40. The second kappa shape index (κ2) is 8.19. The molecule has 1 aromatic rings. The van der Waals surface area contributed by atoms with Crippen molar-refractivity contribution in [3.05, 3.63) is 33.8 Å². The number of aliphatic carboxylic acids is 1. The summed E-state index contributed by atoms with van der Waals surface area (Å²) in [6.07, 6.45) is 2.03. The van der Waals surface area contributed by atoms with E-state index in [0.29, 0.717) is 42.3 Å². The first kappa shape index (κ1) is 19.0. The van der Waals surface area contributed by atoms with Crippen LogP contribution in [0.3, 0.4) is 0 Å². The Morgan fingerprint density at radius 1 is 1.33 bits per heavy atom. The fraction of sp³-hybridized carbons (Fsp3) is 0.529. The highest BCUT2D eigenvalue weighted by molar-refractivity contribution is 6.42. The fourth-order valence-electron chi connectivity index (χ4n) is 3.08. The third-order valence-corrected chi connectivity index (χ3v) is 5.15. The summed E-state index contributed by atoms with van der Waals surface area (Å²) in [6.45, 7) is 0.883. The molecular weight excluding hydrogens is 353 g/mol. The van der Waals surface area contributed by atoms with Crippen LogP contribution in [0.25, 0.3) is 0 Å². The number of ether oxygens (including phenoxy) is 1. The molecule has 1 atom stereocenters. The van der Waals surface area contributed by atoms with E-state index in [1.165, 1.54) is 7.11 Å². The lowest BCUT2D eigenvalue weighted by atomic mass is 9.80. The third-order valence-electron chi connectivity index (χ3n) is 4.42. The number of hydrogen-bond acceptors (Lipinski definition) is 3. The van der Waals surface area contributed by atoms with Crippen LogP contribution in [0.15, 0.2) is 18.2 Å². The zero-order chi connectivity index (χ0) is 17.7. The van der Waals surface area contributed by atoms with E-state index < -0.39 is 11.4 Å². The van der Waals surface area contributed by atoms with Gasteiger partial charge in [0.1, 0.15) is 5.41 Å². The second-order valence-electron chi connectivity index (χ2n) is 6.19. The summed E-state index contributed by atoms with van der Waals surface area (Å²) in [7, 11) is 1.48. The van der Waals surface area contributed by atoms with Gasteiger partial charge < -0.3 is 14.7 Å². The summed E-state index contributed by atoms with van der Waals surface area (Å²) in [5, 5.41) is 10.5. The Kier molecular flexibility index (Phi) is 6.49. The molecule has 0 aromatic heterocycles. The highest BCUT2D eigenvalue weighted by Gasteiger charge is 2.43. The van der Waals surface area contributed by atoms with Crippen molar-refractivity contribution in [2.45, 2.75) is 25.7 Å². The summed E-state index contributed by atoms with van der Waals surface area (Å²) < 4.78 is 5.08. The first-order chi connectivity index (χ1) is 11.4. The lowest BCUT2D eigenvalue weighted by Crippen LogP contribution is -2.52. The van der Waals surface area contributed by atoms with Crippen LogP contribution in [0.4, 0.5) is 0 Å². The van der Waals surface area contributed by atoms with Gasteiger partial charge in [-0.25, -0.2) is 0 Å². The maximum Gasteiger partial charge on any atom is 0.313 e. The van der Waals surface area contributed by atoms with Crippen LogP contribution in [0.1, 0.15) is 24.8 Å². The minimum atomic E-state index is -1.01. The van der Waals surface area contributed by atoms with Gasteiger partial charge in [0, 0.05) is 26.6 Å². The SMILES string of the molecule is COCC1(C(=O)O)CCCN(C(=O)CCc2ccc(Cl)c(Cl)c2)C1. The largest absolute Gasteiger partial charge is 0.481 e. The molecule has 7 heteroatoms. The lowest BCUT2D eigenvalue weighted by molar-refractivity contribution is -0.159. The number of piperidine rings is 1. The van der Waals surface area contributed by atoms with Crippen molar-refractivity contribution in [2.24, 2.45) is 5.41 Å². The van der Waals surface area contributed by atoms with E-state index >= 15 is 0 Å². The number of halogens is 2. The van der Waals surface area contributed by atoms with E-state index in [0.717, 1.165) is 5.56 Å². The Labute approximate surface area is 151 Å². The second-order valence-corrected chi connectivity index (χ2v) is 7.00. The van der Waals surface area contributed by atoms with Gasteiger partial charge in [-0.05, 0) is 37.0 Å². The summed E-state index contributed by atoms with van der Waals surface area (Å²) in [4.78, 5) is 25.7. The summed E-state index contributed by atoms with van der Waals surface area (Å²) in [5.74, 6) is -0.964. The Bertz CT molecular complexity index is 619. The lowest BCUT2D eigenvalue weighted by Gasteiger charge is -2.39. The smallest absolute Gasteiger partial charge is 0.313 e. The van der Waals surface area contributed by atoms with Gasteiger partial charge in [-0.15, -0.1) is 0 Å². The number of nitrogens with zero attached hydrogens (tertiary/aromatic N) is 1. The molecule has 1 unspecified atom stereocenters. The highest BCUT2D eigenvalue weighted by atomic mass is 35.5. The molecule has 5 nitrogen and oxygen atoms in total. The van der Waals surface area contributed by atoms with E-state index in [4.69, 9.17) is 27.9 Å². The van der Waals surface area contributed by atoms with Gasteiger partial charge in [-0.1, -0.05) is 29.3 Å². The average Bonchev–Trinajstić information content (AvgIpc) is 2.56. The number of likely N-dealkylation sites (tertiary alicyclic amines) is 1. The number of methoxy groups -OCH3 is 1. The molecule has 0 saturated carbocycles. The summed E-state index contributed by atoms with van der Waals surface area (Å²) in [5.41, 5.74) is -0.0807. The maximum atomic E-state index is 12.5. The van der Waals surface area contributed by atoms with Crippen molar-refractivity contribution in [1.82, 2.24) is 4.90 Å². The molecule has 132 valence electrons. The number of carbonyl (C=O) groups excluding carboxylic acids is 1. The molecular formula is C17H21Cl2NO4. The van der Waals surface area contributed by atoms with Crippen molar-refractivity contribution < 1.29 is 19.4 Å². The zero-order valence-electron chi connectivity index (χ0n) is 13.6. The average molecular weight is 374 g/mol. The van der Waals surface area contributed by atoms with Crippen LogP contribution in [0, 0.1) is 5.41 Å². The number of carbonyl (C=O) groups is 2. The normalized spacial score (nSPS) is 20.9. The molecule has 1 N–H and O–H groups in total. The van der Waals surface area contributed by atoms with Crippen molar-refractivity contribution in [2.75, 3.05) is 26.8 Å². The van der Waals surface area contributed by atoms with E-state index in [1.54, 1.807) is 17.0 Å². The molecule has 0 bridgehead atoms. The minimum Gasteiger partial charge on any atom is -0.481 e. The predicted molar refractivity (Wildman–Crippen MR) is 92.5 cm³/mol. The van der Waals surface area contributed by atoms with Gasteiger partial charge in [-0.2, -0.15) is 0 Å². The number of amides is 1. The molecule has 1 aromatic carbocycles. The Morgan fingerprint density at radius 2 is 2.08 bits per heavy atom. The summed E-state index contributed by atoms with van der Waals surface area (Å²) in [6, 6.07) is 5.29. The van der Waals surface area contributed by atoms with Crippen molar-refractivity contribution in [3.63, 3.8) is 0 Å². The standard InChI is InChI=1S/C17H21Cl2NO4/c1-24-11-17(16(22)23)7-2-8-20(10-17)15(21)6-4-12-3-5-13(18)14(19)9-12/h3,5,9H,2,4,6-8,10-11H2,1H3,(H,22,23). The van der Waals surface area contributed by atoms with Crippen LogP contribution >= 0.6 is 23.2 Å². The van der Waals surface area contributed by atoms with Gasteiger partial charge in [0.15, 0.2) is 0 Å². The maximum absolute atomic E-state index is 12.5. The van der Waals surface area contributed by atoms with E-state index in [9.17, 15) is 14.7 Å². The third kappa shape index (κ3) is 4.41. The molecule has 1 fully saturated rings.